The number of unbranched alkanes of at least 4 members (excludes halogenated alkanes) is 2. The van der Waals surface area contributed by atoms with Crippen LogP contribution < -0.4 is 4.74 Å². The summed E-state index contributed by atoms with van der Waals surface area (Å²) in [6, 6.07) is 11.9. The summed E-state index contributed by atoms with van der Waals surface area (Å²) in [4.78, 5) is 22.9. The number of para-hydroxylation sites is 1. The van der Waals surface area contributed by atoms with Gasteiger partial charge in [0, 0.05) is 28.6 Å². The Balaban J connectivity index is 2.17. The molecule has 29 heavy (non-hydrogen) atoms. The predicted octanol–water partition coefficient (Wildman–Crippen LogP) is 5.04. The molecule has 1 N–H and O–H groups in total. The van der Waals surface area contributed by atoms with Gasteiger partial charge < -0.3 is 14.4 Å². The van der Waals surface area contributed by atoms with Gasteiger partial charge in [-0.05, 0) is 30.5 Å². The van der Waals surface area contributed by atoms with E-state index in [0.717, 1.165) is 35.7 Å². The van der Waals surface area contributed by atoms with E-state index in [2.05, 4.69) is 6.92 Å². The Morgan fingerprint density at radius 2 is 1.97 bits per heavy atom. The number of carboxylic acids is 1. The van der Waals surface area contributed by atoms with Gasteiger partial charge in [0.1, 0.15) is 11.4 Å². The summed E-state index contributed by atoms with van der Waals surface area (Å²) >= 11 is 0. The van der Waals surface area contributed by atoms with Crippen molar-refractivity contribution in [3.8, 4) is 5.75 Å². The van der Waals surface area contributed by atoms with Crippen molar-refractivity contribution in [1.82, 2.24) is 4.57 Å². The van der Waals surface area contributed by atoms with E-state index in [9.17, 15) is 20.0 Å². The normalized spacial score (nSPS) is 11.0. The van der Waals surface area contributed by atoms with Crippen molar-refractivity contribution in [2.45, 2.75) is 39.2 Å². The summed E-state index contributed by atoms with van der Waals surface area (Å²) in [6.07, 6.45) is 3.66. The summed E-state index contributed by atoms with van der Waals surface area (Å²) in [5, 5.41) is 22.1. The minimum atomic E-state index is -1.00. The Labute approximate surface area is 168 Å². The molecule has 0 aliphatic heterocycles. The van der Waals surface area contributed by atoms with Crippen molar-refractivity contribution >= 4 is 22.6 Å². The molecule has 7 heteroatoms. The van der Waals surface area contributed by atoms with Gasteiger partial charge in [-0.15, -0.1) is 0 Å². The Morgan fingerprint density at radius 3 is 2.62 bits per heavy atom. The van der Waals surface area contributed by atoms with Crippen LogP contribution in [-0.2, 0) is 13.0 Å². The molecule has 0 spiro atoms. The zero-order valence-corrected chi connectivity index (χ0v) is 16.6. The van der Waals surface area contributed by atoms with Crippen molar-refractivity contribution in [1.29, 1.82) is 0 Å². The molecule has 0 unspecified atom stereocenters. The summed E-state index contributed by atoms with van der Waals surface area (Å²) in [5.74, 6) is -0.519. The SMILES string of the molecule is CCCCCc1c(C(=O)O)n(Cc2cc([N+](=O)[O-])ccc2OC)c2ccccc12. The number of rotatable bonds is 9. The lowest BCUT2D eigenvalue weighted by Crippen LogP contribution is -2.12. The van der Waals surface area contributed by atoms with Crippen LogP contribution in [0, 0.1) is 10.1 Å². The number of ether oxygens (including phenoxy) is 1. The molecule has 152 valence electrons. The average molecular weight is 396 g/mol. The molecule has 0 saturated carbocycles. The molecule has 7 nitrogen and oxygen atoms in total. The second-order valence-electron chi connectivity index (χ2n) is 6.95. The van der Waals surface area contributed by atoms with Crippen LogP contribution in [0.5, 0.6) is 5.75 Å². The fraction of sp³-hybridized carbons (Fsp3) is 0.318. The lowest BCUT2D eigenvalue weighted by molar-refractivity contribution is -0.384. The number of methoxy groups -OCH3 is 1. The second kappa shape index (κ2) is 8.77. The Bertz CT molecular complexity index is 1050. The van der Waals surface area contributed by atoms with E-state index in [-0.39, 0.29) is 17.9 Å². The number of nitrogens with zero attached hydrogens (tertiary/aromatic N) is 2. The highest BCUT2D eigenvalue weighted by Gasteiger charge is 2.23. The molecule has 0 aliphatic carbocycles. The van der Waals surface area contributed by atoms with Crippen LogP contribution in [0.4, 0.5) is 5.69 Å². The first-order valence-electron chi connectivity index (χ1n) is 9.62. The molecule has 0 bridgehead atoms. The van der Waals surface area contributed by atoms with E-state index < -0.39 is 10.9 Å². The molecule has 3 rings (SSSR count). The molecular formula is C22H24N2O5. The third kappa shape index (κ3) is 4.08. The Kier molecular flexibility index (Phi) is 6.16. The first-order chi connectivity index (χ1) is 14.0. The summed E-state index contributed by atoms with van der Waals surface area (Å²) < 4.78 is 7.09. The molecule has 0 fully saturated rings. The highest BCUT2D eigenvalue weighted by atomic mass is 16.6. The maximum absolute atomic E-state index is 12.2. The number of fused-ring (bicyclic) bond motifs is 1. The summed E-state index contributed by atoms with van der Waals surface area (Å²) in [7, 11) is 1.49. The molecule has 2 aromatic carbocycles. The van der Waals surface area contributed by atoms with Crippen LogP contribution in [0.3, 0.4) is 0 Å². The van der Waals surface area contributed by atoms with Gasteiger partial charge in [0.15, 0.2) is 0 Å². The molecule has 0 saturated heterocycles. The average Bonchev–Trinajstić information content (AvgIpc) is 3.02. The highest BCUT2D eigenvalue weighted by molar-refractivity contribution is 5.98. The second-order valence-corrected chi connectivity index (χ2v) is 6.95. The van der Waals surface area contributed by atoms with Gasteiger partial charge in [-0.2, -0.15) is 0 Å². The van der Waals surface area contributed by atoms with E-state index in [1.807, 2.05) is 24.3 Å². The van der Waals surface area contributed by atoms with Crippen LogP contribution in [-0.4, -0.2) is 27.7 Å². The number of aryl methyl sites for hydroxylation is 1. The zero-order valence-electron chi connectivity index (χ0n) is 16.6. The fourth-order valence-electron chi connectivity index (χ4n) is 3.76. The van der Waals surface area contributed by atoms with Gasteiger partial charge in [0.25, 0.3) is 5.69 Å². The van der Waals surface area contributed by atoms with E-state index in [1.54, 1.807) is 10.6 Å². The molecule has 0 amide bonds. The number of nitro benzene ring substituents is 1. The molecule has 0 radical (unpaired) electrons. The number of benzene rings is 2. The van der Waals surface area contributed by atoms with E-state index >= 15 is 0 Å². The quantitative estimate of drug-likeness (QED) is 0.311. The van der Waals surface area contributed by atoms with E-state index in [1.165, 1.54) is 19.2 Å². The maximum atomic E-state index is 12.2. The molecule has 1 heterocycles. The van der Waals surface area contributed by atoms with Gasteiger partial charge >= 0.3 is 5.97 Å². The maximum Gasteiger partial charge on any atom is 0.352 e. The van der Waals surface area contributed by atoms with Gasteiger partial charge in [-0.25, -0.2) is 4.79 Å². The highest BCUT2D eigenvalue weighted by Crippen LogP contribution is 2.32. The van der Waals surface area contributed by atoms with E-state index in [0.29, 0.717) is 17.7 Å². The number of aromatic carboxylic acids is 1. The largest absolute Gasteiger partial charge is 0.496 e. The van der Waals surface area contributed by atoms with Gasteiger partial charge in [-0.1, -0.05) is 38.0 Å². The summed E-state index contributed by atoms with van der Waals surface area (Å²) in [5.41, 5.74) is 2.34. The zero-order chi connectivity index (χ0) is 21.0. The van der Waals surface area contributed by atoms with Crippen LogP contribution in [0.25, 0.3) is 10.9 Å². The number of carbonyl (C=O) groups is 1. The van der Waals surface area contributed by atoms with Crippen molar-refractivity contribution in [2.24, 2.45) is 0 Å². The molecule has 0 aliphatic rings. The molecular weight excluding hydrogens is 372 g/mol. The number of hydrogen-bond donors (Lipinski definition) is 1. The van der Waals surface area contributed by atoms with Crippen molar-refractivity contribution < 1.29 is 19.6 Å². The molecule has 3 aromatic rings. The Morgan fingerprint density at radius 1 is 1.21 bits per heavy atom. The number of aromatic nitrogens is 1. The number of carboxylic acid groups (broad SMARTS) is 1. The first kappa shape index (κ1) is 20.4. The lowest BCUT2D eigenvalue weighted by atomic mass is 10.0. The summed E-state index contributed by atoms with van der Waals surface area (Å²) in [6.45, 7) is 2.27. The number of non-ortho nitro benzene ring substituents is 1. The van der Waals surface area contributed by atoms with Crippen LogP contribution in [0.15, 0.2) is 42.5 Å². The van der Waals surface area contributed by atoms with Crippen LogP contribution in [0.2, 0.25) is 0 Å². The minimum Gasteiger partial charge on any atom is -0.496 e. The van der Waals surface area contributed by atoms with Crippen LogP contribution >= 0.6 is 0 Å². The lowest BCUT2D eigenvalue weighted by Gasteiger charge is -2.13. The monoisotopic (exact) mass is 396 g/mol. The smallest absolute Gasteiger partial charge is 0.352 e. The number of hydrogen-bond acceptors (Lipinski definition) is 4. The first-order valence-corrected chi connectivity index (χ1v) is 9.62. The fourth-order valence-corrected chi connectivity index (χ4v) is 3.76. The van der Waals surface area contributed by atoms with E-state index in [4.69, 9.17) is 4.74 Å². The van der Waals surface area contributed by atoms with Crippen LogP contribution in [0.1, 0.15) is 47.8 Å². The topological polar surface area (TPSA) is 94.6 Å². The van der Waals surface area contributed by atoms with Crippen molar-refractivity contribution in [3.05, 3.63) is 69.4 Å². The Hall–Kier alpha value is -3.35. The van der Waals surface area contributed by atoms with Crippen molar-refractivity contribution in [3.63, 3.8) is 0 Å². The van der Waals surface area contributed by atoms with Gasteiger partial charge in [0.05, 0.1) is 18.6 Å². The minimum absolute atomic E-state index is 0.0581. The van der Waals surface area contributed by atoms with Crippen molar-refractivity contribution in [2.75, 3.05) is 7.11 Å². The standard InChI is InChI=1S/C22H24N2O5/c1-3-4-5-9-18-17-8-6-7-10-19(17)23(21(18)22(25)26)14-15-13-16(24(27)28)11-12-20(15)29-2/h6-8,10-13H,3-5,9,14H2,1-2H3,(H,25,26). The molecule has 0 atom stereocenters. The molecule has 1 aromatic heterocycles. The third-order valence-corrected chi connectivity index (χ3v) is 5.11. The third-order valence-electron chi connectivity index (χ3n) is 5.11. The predicted molar refractivity (Wildman–Crippen MR) is 111 cm³/mol. The number of nitro groups is 1. The van der Waals surface area contributed by atoms with Gasteiger partial charge in [-0.3, -0.25) is 10.1 Å². The van der Waals surface area contributed by atoms with Gasteiger partial charge in [0.2, 0.25) is 0 Å².